The molecule has 0 aromatic rings. The predicted octanol–water partition coefficient (Wildman–Crippen LogP) is 3.51. The summed E-state index contributed by atoms with van der Waals surface area (Å²) in [6.07, 6.45) is 11.3. The Labute approximate surface area is 111 Å². The molecule has 0 aliphatic heterocycles. The highest BCUT2D eigenvalue weighted by atomic mass is 16.1. The van der Waals surface area contributed by atoms with Gasteiger partial charge in [0.05, 0.1) is 0 Å². The Kier molecular flexibility index (Phi) is 3.63. The van der Waals surface area contributed by atoms with Crippen LogP contribution in [0.3, 0.4) is 0 Å². The summed E-state index contributed by atoms with van der Waals surface area (Å²) < 4.78 is 0. The van der Waals surface area contributed by atoms with Crippen molar-refractivity contribution in [3.63, 3.8) is 0 Å². The third-order valence-electron chi connectivity index (χ3n) is 5.78. The lowest BCUT2D eigenvalue weighted by molar-refractivity contribution is -0.122. The van der Waals surface area contributed by atoms with E-state index < -0.39 is 0 Å². The van der Waals surface area contributed by atoms with Gasteiger partial charge in [-0.15, -0.1) is 0 Å². The van der Waals surface area contributed by atoms with E-state index in [0.29, 0.717) is 11.9 Å². The fourth-order valence-corrected chi connectivity index (χ4v) is 5.05. The molecule has 1 amide bonds. The largest absolute Gasteiger partial charge is 0.353 e. The minimum Gasteiger partial charge on any atom is -0.353 e. The van der Waals surface area contributed by atoms with Crippen molar-refractivity contribution in [2.75, 3.05) is 0 Å². The Bertz CT molecular complexity index is 314. The van der Waals surface area contributed by atoms with Crippen LogP contribution in [0.15, 0.2) is 0 Å². The van der Waals surface area contributed by atoms with Crippen molar-refractivity contribution in [1.29, 1.82) is 0 Å². The molecule has 18 heavy (non-hydrogen) atoms. The lowest BCUT2D eigenvalue weighted by atomic mass is 9.79. The molecule has 5 unspecified atom stereocenters. The van der Waals surface area contributed by atoms with Gasteiger partial charge in [0.1, 0.15) is 0 Å². The molecule has 0 aromatic carbocycles. The topological polar surface area (TPSA) is 29.1 Å². The van der Waals surface area contributed by atoms with Gasteiger partial charge in [-0.05, 0) is 55.8 Å². The molecule has 2 heteroatoms. The van der Waals surface area contributed by atoms with Crippen LogP contribution >= 0.6 is 0 Å². The molecule has 102 valence electrons. The van der Waals surface area contributed by atoms with E-state index in [1.54, 1.807) is 0 Å². The number of carbonyl (C=O) groups excluding carboxylic acids is 1. The van der Waals surface area contributed by atoms with Crippen LogP contribution in [0.4, 0.5) is 0 Å². The van der Waals surface area contributed by atoms with Crippen molar-refractivity contribution in [3.05, 3.63) is 0 Å². The van der Waals surface area contributed by atoms with Gasteiger partial charge in [0.15, 0.2) is 0 Å². The molecule has 2 nitrogen and oxygen atoms in total. The van der Waals surface area contributed by atoms with Crippen LogP contribution in [-0.2, 0) is 4.79 Å². The zero-order valence-corrected chi connectivity index (χ0v) is 11.7. The minimum atomic E-state index is 0.315. The Hall–Kier alpha value is -0.530. The van der Waals surface area contributed by atoms with Crippen molar-refractivity contribution in [2.45, 2.75) is 70.8 Å². The molecule has 0 heterocycles. The van der Waals surface area contributed by atoms with Crippen molar-refractivity contribution in [2.24, 2.45) is 23.7 Å². The van der Waals surface area contributed by atoms with Crippen molar-refractivity contribution in [3.8, 4) is 0 Å². The first-order valence-electron chi connectivity index (χ1n) is 8.09. The van der Waals surface area contributed by atoms with Crippen molar-refractivity contribution < 1.29 is 4.79 Å². The normalized spacial score (nSPS) is 41.1. The van der Waals surface area contributed by atoms with Crippen LogP contribution in [0.5, 0.6) is 0 Å². The summed E-state index contributed by atoms with van der Waals surface area (Å²) in [4.78, 5) is 11.9. The molecule has 0 saturated heterocycles. The summed E-state index contributed by atoms with van der Waals surface area (Å²) in [5.41, 5.74) is 0. The van der Waals surface area contributed by atoms with Gasteiger partial charge in [-0.25, -0.2) is 0 Å². The molecule has 0 spiro atoms. The molecule has 3 aliphatic carbocycles. The van der Waals surface area contributed by atoms with E-state index in [9.17, 15) is 4.79 Å². The van der Waals surface area contributed by atoms with Crippen LogP contribution in [0.2, 0.25) is 0 Å². The lowest BCUT2D eigenvalue weighted by Gasteiger charge is -2.32. The molecule has 0 radical (unpaired) electrons. The average molecular weight is 249 g/mol. The second kappa shape index (κ2) is 5.22. The molecule has 3 saturated carbocycles. The second-order valence-electron chi connectivity index (χ2n) is 6.79. The standard InChI is InChI=1S/C16H27NO/c1-2-3-4-8-16(18)17-15-10-11-9-14(15)13-7-5-6-12(11)13/h11-15H,2-10H2,1H3,(H,17,18). The van der Waals surface area contributed by atoms with Gasteiger partial charge >= 0.3 is 0 Å². The molecule has 5 atom stereocenters. The Morgan fingerprint density at radius 3 is 2.78 bits per heavy atom. The molecular formula is C16H27NO. The third-order valence-corrected chi connectivity index (χ3v) is 5.78. The molecule has 2 bridgehead atoms. The molecule has 0 aromatic heterocycles. The number of fused-ring (bicyclic) bond motifs is 5. The molecular weight excluding hydrogens is 222 g/mol. The zero-order valence-electron chi connectivity index (χ0n) is 11.7. The number of rotatable bonds is 5. The Morgan fingerprint density at radius 1 is 1.11 bits per heavy atom. The summed E-state index contributed by atoms with van der Waals surface area (Å²) in [6.45, 7) is 2.19. The first kappa shape index (κ1) is 12.5. The van der Waals surface area contributed by atoms with Crippen LogP contribution in [0.1, 0.15) is 64.7 Å². The van der Waals surface area contributed by atoms with E-state index in [-0.39, 0.29) is 0 Å². The van der Waals surface area contributed by atoms with Crippen LogP contribution in [-0.4, -0.2) is 11.9 Å². The summed E-state index contributed by atoms with van der Waals surface area (Å²) >= 11 is 0. The highest BCUT2D eigenvalue weighted by Crippen LogP contribution is 2.58. The van der Waals surface area contributed by atoms with E-state index in [1.165, 1.54) is 44.9 Å². The third kappa shape index (κ3) is 2.19. The minimum absolute atomic E-state index is 0.315. The Balaban J connectivity index is 1.49. The number of carbonyl (C=O) groups is 1. The molecule has 1 N–H and O–H groups in total. The number of hydrogen-bond acceptors (Lipinski definition) is 1. The summed E-state index contributed by atoms with van der Waals surface area (Å²) in [5, 5.41) is 3.34. The van der Waals surface area contributed by atoms with Gasteiger partial charge < -0.3 is 5.32 Å². The number of hydrogen-bond donors (Lipinski definition) is 1. The highest BCUT2D eigenvalue weighted by Gasteiger charge is 2.53. The fourth-order valence-electron chi connectivity index (χ4n) is 5.05. The molecule has 3 fully saturated rings. The van der Waals surface area contributed by atoms with E-state index in [2.05, 4.69) is 12.2 Å². The van der Waals surface area contributed by atoms with Gasteiger partial charge in [-0.3, -0.25) is 4.79 Å². The first-order chi connectivity index (χ1) is 8.79. The molecule has 3 aliphatic rings. The first-order valence-corrected chi connectivity index (χ1v) is 8.09. The average Bonchev–Trinajstić information content (AvgIpc) is 3.00. The summed E-state index contributed by atoms with van der Waals surface area (Å²) in [6, 6.07) is 0.531. The SMILES string of the molecule is CCCCCC(=O)NC1CC2CC1C1CCCC21. The van der Waals surface area contributed by atoms with E-state index in [0.717, 1.165) is 36.5 Å². The number of nitrogens with one attached hydrogen (secondary N) is 1. The van der Waals surface area contributed by atoms with Crippen LogP contribution < -0.4 is 5.32 Å². The summed E-state index contributed by atoms with van der Waals surface area (Å²) in [7, 11) is 0. The smallest absolute Gasteiger partial charge is 0.220 e. The van der Waals surface area contributed by atoms with Crippen LogP contribution in [0, 0.1) is 23.7 Å². The fraction of sp³-hybridized carbons (Fsp3) is 0.938. The Morgan fingerprint density at radius 2 is 1.94 bits per heavy atom. The molecule has 3 rings (SSSR count). The maximum atomic E-state index is 11.9. The quantitative estimate of drug-likeness (QED) is 0.742. The lowest BCUT2D eigenvalue weighted by Crippen LogP contribution is -2.42. The predicted molar refractivity (Wildman–Crippen MR) is 73.1 cm³/mol. The van der Waals surface area contributed by atoms with Crippen LogP contribution in [0.25, 0.3) is 0 Å². The monoisotopic (exact) mass is 249 g/mol. The maximum Gasteiger partial charge on any atom is 0.220 e. The van der Waals surface area contributed by atoms with E-state index in [1.807, 2.05) is 0 Å². The summed E-state index contributed by atoms with van der Waals surface area (Å²) in [5.74, 6) is 4.09. The maximum absolute atomic E-state index is 11.9. The zero-order chi connectivity index (χ0) is 12.5. The van der Waals surface area contributed by atoms with Gasteiger partial charge in [0.2, 0.25) is 5.91 Å². The van der Waals surface area contributed by atoms with Gasteiger partial charge in [0, 0.05) is 12.5 Å². The van der Waals surface area contributed by atoms with Gasteiger partial charge in [0.25, 0.3) is 0 Å². The van der Waals surface area contributed by atoms with Gasteiger partial charge in [-0.1, -0.05) is 26.2 Å². The van der Waals surface area contributed by atoms with Crippen molar-refractivity contribution in [1.82, 2.24) is 5.32 Å². The van der Waals surface area contributed by atoms with E-state index in [4.69, 9.17) is 0 Å². The highest BCUT2D eigenvalue weighted by molar-refractivity contribution is 5.76. The van der Waals surface area contributed by atoms with E-state index >= 15 is 0 Å². The van der Waals surface area contributed by atoms with Gasteiger partial charge in [-0.2, -0.15) is 0 Å². The number of unbranched alkanes of at least 4 members (excludes halogenated alkanes) is 2. The van der Waals surface area contributed by atoms with Crippen molar-refractivity contribution >= 4 is 5.91 Å². The number of amides is 1. The second-order valence-corrected chi connectivity index (χ2v) is 6.79.